The molecule has 0 spiro atoms. The van der Waals surface area contributed by atoms with E-state index in [-0.39, 0.29) is 0 Å². The molecule has 0 aromatic carbocycles. The smallest absolute Gasteiger partial charge is 0.0385 e. The van der Waals surface area contributed by atoms with E-state index in [2.05, 4.69) is 13.5 Å². The highest BCUT2D eigenvalue weighted by molar-refractivity contribution is 6.00. The molecule has 0 saturated carbocycles. The van der Waals surface area contributed by atoms with Gasteiger partial charge in [-0.15, -0.1) is 0 Å². The zero-order chi connectivity index (χ0) is 10.1. The van der Waals surface area contributed by atoms with Gasteiger partial charge in [-0.2, -0.15) is 0 Å². The Bertz CT molecular complexity index is 221. The molecule has 0 rings (SSSR count). The van der Waals surface area contributed by atoms with Crippen LogP contribution in [0.4, 0.5) is 0 Å². The van der Waals surface area contributed by atoms with Crippen LogP contribution in [0.15, 0.2) is 36.5 Å². The molecule has 0 saturated heterocycles. The average Bonchev–Trinajstić information content (AvgIpc) is 2.16. The predicted octanol–water partition coefficient (Wildman–Crippen LogP) is 3.88. The second-order valence-corrected chi connectivity index (χ2v) is 2.93. The molecule has 0 bridgehead atoms. The molecular formula is C12H19N. The molecule has 0 aromatic heterocycles. The first kappa shape index (κ1) is 11.9. The van der Waals surface area contributed by atoms with Crippen molar-refractivity contribution < 1.29 is 0 Å². The first-order valence-electron chi connectivity index (χ1n) is 4.79. The van der Waals surface area contributed by atoms with Gasteiger partial charge in [0, 0.05) is 5.71 Å². The van der Waals surface area contributed by atoms with E-state index in [1.54, 1.807) is 6.08 Å². The summed E-state index contributed by atoms with van der Waals surface area (Å²) < 4.78 is 0. The summed E-state index contributed by atoms with van der Waals surface area (Å²) in [5, 5.41) is 7.75. The minimum absolute atomic E-state index is 0.690. The lowest BCUT2D eigenvalue weighted by Gasteiger charge is -2.02. The van der Waals surface area contributed by atoms with Crippen molar-refractivity contribution in [3.8, 4) is 0 Å². The van der Waals surface area contributed by atoms with Gasteiger partial charge in [0.1, 0.15) is 0 Å². The number of rotatable bonds is 6. The lowest BCUT2D eigenvalue weighted by molar-refractivity contribution is 0.833. The van der Waals surface area contributed by atoms with Crippen molar-refractivity contribution in [2.45, 2.75) is 33.1 Å². The Morgan fingerprint density at radius 2 is 2.15 bits per heavy atom. The fourth-order valence-corrected chi connectivity index (χ4v) is 0.990. The van der Waals surface area contributed by atoms with E-state index < -0.39 is 0 Å². The fourth-order valence-electron chi connectivity index (χ4n) is 0.990. The van der Waals surface area contributed by atoms with Crippen molar-refractivity contribution in [1.29, 1.82) is 5.41 Å². The Kier molecular flexibility index (Phi) is 6.89. The van der Waals surface area contributed by atoms with Gasteiger partial charge in [-0.25, -0.2) is 0 Å². The average molecular weight is 177 g/mol. The Morgan fingerprint density at radius 3 is 2.62 bits per heavy atom. The molecule has 0 aliphatic heterocycles. The van der Waals surface area contributed by atoms with Gasteiger partial charge >= 0.3 is 0 Å². The Hall–Kier alpha value is -1.11. The third kappa shape index (κ3) is 5.18. The number of hydrogen-bond donors (Lipinski definition) is 1. The number of unbranched alkanes of at least 4 members (excludes halogenated alkanes) is 1. The third-order valence-electron chi connectivity index (χ3n) is 1.82. The van der Waals surface area contributed by atoms with Gasteiger partial charge in [-0.3, -0.25) is 0 Å². The summed E-state index contributed by atoms with van der Waals surface area (Å²) in [7, 11) is 0. The van der Waals surface area contributed by atoms with Crippen LogP contribution in [0, 0.1) is 5.41 Å². The maximum Gasteiger partial charge on any atom is 0.0385 e. The van der Waals surface area contributed by atoms with E-state index >= 15 is 0 Å². The van der Waals surface area contributed by atoms with Crippen LogP contribution in [0.1, 0.15) is 33.1 Å². The quantitative estimate of drug-likeness (QED) is 0.470. The topological polar surface area (TPSA) is 23.9 Å². The van der Waals surface area contributed by atoms with E-state index in [1.165, 1.54) is 0 Å². The summed E-state index contributed by atoms with van der Waals surface area (Å²) >= 11 is 0. The molecule has 0 fully saturated rings. The minimum Gasteiger partial charge on any atom is -0.305 e. The predicted molar refractivity (Wildman–Crippen MR) is 60.3 cm³/mol. The molecule has 0 unspecified atom stereocenters. The van der Waals surface area contributed by atoms with Crippen molar-refractivity contribution in [3.05, 3.63) is 36.5 Å². The molecule has 1 nitrogen and oxygen atoms in total. The van der Waals surface area contributed by atoms with E-state index in [0.717, 1.165) is 24.8 Å². The molecule has 1 N–H and O–H groups in total. The van der Waals surface area contributed by atoms with E-state index in [9.17, 15) is 0 Å². The molecule has 72 valence electrons. The van der Waals surface area contributed by atoms with E-state index in [0.29, 0.717) is 5.71 Å². The molecule has 0 aromatic rings. The summed E-state index contributed by atoms with van der Waals surface area (Å²) in [5.41, 5.74) is 1.63. The van der Waals surface area contributed by atoms with Crippen molar-refractivity contribution in [2.75, 3.05) is 0 Å². The third-order valence-corrected chi connectivity index (χ3v) is 1.82. The van der Waals surface area contributed by atoms with Crippen molar-refractivity contribution >= 4 is 5.71 Å². The van der Waals surface area contributed by atoms with Gasteiger partial charge in [0.15, 0.2) is 0 Å². The molecular weight excluding hydrogens is 158 g/mol. The largest absolute Gasteiger partial charge is 0.305 e. The molecule has 0 heterocycles. The summed E-state index contributed by atoms with van der Waals surface area (Å²) in [6, 6.07) is 0. The first-order valence-corrected chi connectivity index (χ1v) is 4.79. The maximum atomic E-state index is 7.75. The minimum atomic E-state index is 0.690. The summed E-state index contributed by atoms with van der Waals surface area (Å²) in [6.45, 7) is 7.80. The Morgan fingerprint density at radius 1 is 1.46 bits per heavy atom. The number of allylic oxidation sites excluding steroid dienone is 5. The Labute approximate surface area is 81.4 Å². The molecule has 0 atom stereocenters. The lowest BCUT2D eigenvalue weighted by atomic mass is 10.0. The number of nitrogens with one attached hydrogen (secondary N) is 1. The molecule has 0 aliphatic carbocycles. The molecule has 13 heavy (non-hydrogen) atoms. The van der Waals surface area contributed by atoms with Crippen LogP contribution in [0.3, 0.4) is 0 Å². The Balaban J connectivity index is 4.23. The zero-order valence-corrected chi connectivity index (χ0v) is 8.64. The first-order chi connectivity index (χ1) is 6.26. The van der Waals surface area contributed by atoms with Crippen LogP contribution >= 0.6 is 0 Å². The van der Waals surface area contributed by atoms with Crippen molar-refractivity contribution in [2.24, 2.45) is 0 Å². The van der Waals surface area contributed by atoms with Crippen LogP contribution < -0.4 is 0 Å². The second-order valence-electron chi connectivity index (χ2n) is 2.93. The molecule has 0 radical (unpaired) electrons. The van der Waals surface area contributed by atoms with Crippen LogP contribution in [0.2, 0.25) is 0 Å². The SMILES string of the molecule is C=C/C(=C\C=C/C)C(=N)CCCC. The second kappa shape index (κ2) is 7.53. The van der Waals surface area contributed by atoms with Gasteiger partial charge in [-0.05, 0) is 25.3 Å². The highest BCUT2D eigenvalue weighted by Gasteiger charge is 1.98. The standard InChI is InChI=1S/C12H19N/c1-4-7-9-11(6-3)12(13)10-8-5-2/h4,6-7,9,13H,3,5,8,10H2,1-2H3/b7-4-,11-9+,13-12?. The molecule has 1 heteroatoms. The monoisotopic (exact) mass is 177 g/mol. The lowest BCUT2D eigenvalue weighted by Crippen LogP contribution is -1.98. The van der Waals surface area contributed by atoms with Gasteiger partial charge in [0.2, 0.25) is 0 Å². The normalized spacial score (nSPS) is 12.0. The summed E-state index contributed by atoms with van der Waals surface area (Å²) in [5.74, 6) is 0. The van der Waals surface area contributed by atoms with Crippen LogP contribution in [-0.2, 0) is 0 Å². The zero-order valence-electron chi connectivity index (χ0n) is 8.64. The van der Waals surface area contributed by atoms with Gasteiger partial charge in [0.25, 0.3) is 0 Å². The van der Waals surface area contributed by atoms with E-state index in [1.807, 2.05) is 25.2 Å². The summed E-state index contributed by atoms with van der Waals surface area (Å²) in [4.78, 5) is 0. The van der Waals surface area contributed by atoms with Crippen LogP contribution in [0.25, 0.3) is 0 Å². The van der Waals surface area contributed by atoms with Gasteiger partial charge in [0.05, 0.1) is 0 Å². The molecule has 0 amide bonds. The van der Waals surface area contributed by atoms with Crippen LogP contribution in [-0.4, -0.2) is 5.71 Å². The molecule has 0 aliphatic rings. The van der Waals surface area contributed by atoms with E-state index in [4.69, 9.17) is 5.41 Å². The van der Waals surface area contributed by atoms with Gasteiger partial charge < -0.3 is 5.41 Å². The van der Waals surface area contributed by atoms with Crippen LogP contribution in [0.5, 0.6) is 0 Å². The van der Waals surface area contributed by atoms with Crippen molar-refractivity contribution in [1.82, 2.24) is 0 Å². The number of hydrogen-bond acceptors (Lipinski definition) is 1. The fraction of sp³-hybridized carbons (Fsp3) is 0.417. The van der Waals surface area contributed by atoms with Crippen molar-refractivity contribution in [3.63, 3.8) is 0 Å². The maximum absolute atomic E-state index is 7.75. The summed E-state index contributed by atoms with van der Waals surface area (Å²) in [6.07, 6.45) is 10.7. The highest BCUT2D eigenvalue weighted by Crippen LogP contribution is 2.06. The van der Waals surface area contributed by atoms with Gasteiger partial charge in [-0.1, -0.05) is 44.2 Å². The highest BCUT2D eigenvalue weighted by atomic mass is 14.4.